The van der Waals surface area contributed by atoms with Gasteiger partial charge in [-0.25, -0.2) is 4.79 Å². The highest BCUT2D eigenvalue weighted by Gasteiger charge is 2.11. The van der Waals surface area contributed by atoms with Crippen LogP contribution in [0.3, 0.4) is 0 Å². The molecular formula is C15H11ClO2. The summed E-state index contributed by atoms with van der Waals surface area (Å²) in [6.07, 6.45) is 0. The number of halogens is 1. The van der Waals surface area contributed by atoms with E-state index < -0.39 is 5.97 Å². The van der Waals surface area contributed by atoms with E-state index in [1.165, 1.54) is 0 Å². The second-order valence-electron chi connectivity index (χ2n) is 3.69. The fraction of sp³-hybridized carbons (Fsp3) is 0. The Bertz CT molecular complexity index is 559. The van der Waals surface area contributed by atoms with Gasteiger partial charge in [-0.05, 0) is 29.8 Å². The summed E-state index contributed by atoms with van der Waals surface area (Å²) in [4.78, 5) is 11.8. The summed E-state index contributed by atoms with van der Waals surface area (Å²) >= 11 is 5.78. The van der Waals surface area contributed by atoms with E-state index in [0.29, 0.717) is 21.9 Å². The molecule has 2 nitrogen and oxygen atoms in total. The lowest BCUT2D eigenvalue weighted by atomic mass is 10.1. The molecule has 0 N–H and O–H groups in total. The molecule has 18 heavy (non-hydrogen) atoms. The highest BCUT2D eigenvalue weighted by molar-refractivity contribution is 6.30. The highest BCUT2D eigenvalue weighted by atomic mass is 35.5. The molecule has 0 aliphatic carbocycles. The van der Waals surface area contributed by atoms with Crippen molar-refractivity contribution in [3.63, 3.8) is 0 Å². The fourth-order valence-corrected chi connectivity index (χ4v) is 1.55. The number of benzene rings is 2. The largest absolute Gasteiger partial charge is 0.423 e. The Morgan fingerprint density at radius 2 is 1.61 bits per heavy atom. The van der Waals surface area contributed by atoms with Gasteiger partial charge < -0.3 is 4.74 Å². The zero-order valence-electron chi connectivity index (χ0n) is 9.60. The van der Waals surface area contributed by atoms with Crippen molar-refractivity contribution in [3.05, 3.63) is 71.8 Å². The van der Waals surface area contributed by atoms with Crippen LogP contribution >= 0.6 is 11.6 Å². The van der Waals surface area contributed by atoms with Crippen molar-refractivity contribution in [1.29, 1.82) is 0 Å². The predicted molar refractivity (Wildman–Crippen MR) is 72.6 cm³/mol. The molecule has 90 valence electrons. The van der Waals surface area contributed by atoms with E-state index in [0.717, 1.165) is 0 Å². The molecule has 0 fully saturated rings. The van der Waals surface area contributed by atoms with Crippen molar-refractivity contribution in [1.82, 2.24) is 0 Å². The molecule has 0 saturated carbocycles. The molecule has 0 aromatic heterocycles. The number of carbonyl (C=O) groups excluding carboxylic acids is 1. The fourth-order valence-electron chi connectivity index (χ4n) is 1.43. The van der Waals surface area contributed by atoms with Crippen molar-refractivity contribution in [3.8, 4) is 5.75 Å². The molecule has 2 aromatic rings. The van der Waals surface area contributed by atoms with Crippen molar-refractivity contribution in [2.24, 2.45) is 0 Å². The molecule has 0 heterocycles. The van der Waals surface area contributed by atoms with Gasteiger partial charge in [-0.3, -0.25) is 0 Å². The summed E-state index contributed by atoms with van der Waals surface area (Å²) in [5.74, 6) is 0.0288. The predicted octanol–water partition coefficient (Wildman–Crippen LogP) is 3.96. The number of rotatable bonds is 3. The van der Waals surface area contributed by atoms with Crippen LogP contribution in [0.25, 0.3) is 5.57 Å². The standard InChI is InChI=1S/C15H11ClO2/c1-11(12-7-9-13(16)10-8-12)15(17)18-14-5-3-2-4-6-14/h2-10H,1H2. The molecular weight excluding hydrogens is 248 g/mol. The molecule has 0 saturated heterocycles. The van der Waals surface area contributed by atoms with Gasteiger partial charge in [-0.1, -0.05) is 48.5 Å². The average Bonchev–Trinajstić information content (AvgIpc) is 2.40. The number of esters is 1. The molecule has 0 aliphatic rings. The van der Waals surface area contributed by atoms with Crippen molar-refractivity contribution >= 4 is 23.1 Å². The Labute approximate surface area is 110 Å². The summed E-state index contributed by atoms with van der Waals surface area (Å²) in [5, 5.41) is 0.614. The minimum Gasteiger partial charge on any atom is -0.423 e. The number of para-hydroxylation sites is 1. The van der Waals surface area contributed by atoms with Crippen LogP contribution in [0.4, 0.5) is 0 Å². The molecule has 0 amide bonds. The van der Waals surface area contributed by atoms with Crippen LogP contribution < -0.4 is 4.74 Å². The maximum atomic E-state index is 11.8. The second kappa shape index (κ2) is 5.52. The lowest BCUT2D eigenvalue weighted by Gasteiger charge is -2.06. The first-order valence-electron chi connectivity index (χ1n) is 5.39. The van der Waals surface area contributed by atoms with E-state index >= 15 is 0 Å². The Hall–Kier alpha value is -2.06. The summed E-state index contributed by atoms with van der Waals surface area (Å²) in [6.45, 7) is 3.73. The first-order valence-corrected chi connectivity index (χ1v) is 5.76. The minimum absolute atomic E-state index is 0.301. The van der Waals surface area contributed by atoms with Gasteiger partial charge in [0.05, 0.1) is 5.57 Å². The summed E-state index contributed by atoms with van der Waals surface area (Å²) in [7, 11) is 0. The summed E-state index contributed by atoms with van der Waals surface area (Å²) in [5.41, 5.74) is 0.996. The molecule has 3 heteroatoms. The SMILES string of the molecule is C=C(C(=O)Oc1ccccc1)c1ccc(Cl)cc1. The van der Waals surface area contributed by atoms with Crippen LogP contribution in [0.15, 0.2) is 61.2 Å². The van der Waals surface area contributed by atoms with Crippen molar-refractivity contribution in [2.75, 3.05) is 0 Å². The van der Waals surface area contributed by atoms with Gasteiger partial charge in [-0.15, -0.1) is 0 Å². The van der Waals surface area contributed by atoms with Crippen LogP contribution in [-0.4, -0.2) is 5.97 Å². The number of hydrogen-bond acceptors (Lipinski definition) is 2. The molecule has 0 radical (unpaired) electrons. The van der Waals surface area contributed by atoms with Crippen LogP contribution in [-0.2, 0) is 4.79 Å². The van der Waals surface area contributed by atoms with Gasteiger partial charge in [-0.2, -0.15) is 0 Å². The zero-order chi connectivity index (χ0) is 13.0. The van der Waals surface area contributed by atoms with Gasteiger partial charge in [0.15, 0.2) is 0 Å². The van der Waals surface area contributed by atoms with Crippen molar-refractivity contribution < 1.29 is 9.53 Å². The van der Waals surface area contributed by atoms with Crippen molar-refractivity contribution in [2.45, 2.75) is 0 Å². The van der Waals surface area contributed by atoms with E-state index in [9.17, 15) is 4.79 Å². The van der Waals surface area contributed by atoms with Gasteiger partial charge >= 0.3 is 5.97 Å². The molecule has 2 rings (SSSR count). The number of ether oxygens (including phenoxy) is 1. The van der Waals surface area contributed by atoms with Crippen LogP contribution in [0, 0.1) is 0 Å². The van der Waals surface area contributed by atoms with E-state index in [1.54, 1.807) is 48.5 Å². The van der Waals surface area contributed by atoms with E-state index in [4.69, 9.17) is 16.3 Å². The normalized spacial score (nSPS) is 9.83. The highest BCUT2D eigenvalue weighted by Crippen LogP contribution is 2.19. The molecule has 0 unspecified atom stereocenters. The topological polar surface area (TPSA) is 26.3 Å². The second-order valence-corrected chi connectivity index (χ2v) is 4.12. The maximum absolute atomic E-state index is 11.8. The van der Waals surface area contributed by atoms with Gasteiger partial charge in [0, 0.05) is 5.02 Å². The summed E-state index contributed by atoms with van der Waals surface area (Å²) in [6, 6.07) is 15.8. The van der Waals surface area contributed by atoms with Gasteiger partial charge in [0.1, 0.15) is 5.75 Å². The maximum Gasteiger partial charge on any atom is 0.343 e. The summed E-state index contributed by atoms with van der Waals surface area (Å²) < 4.78 is 5.19. The Morgan fingerprint density at radius 3 is 2.22 bits per heavy atom. The Kier molecular flexibility index (Phi) is 3.80. The average molecular weight is 259 g/mol. The lowest BCUT2D eigenvalue weighted by molar-refractivity contribution is -0.127. The van der Waals surface area contributed by atoms with Crippen LogP contribution in [0.2, 0.25) is 5.02 Å². The monoisotopic (exact) mass is 258 g/mol. The molecule has 0 spiro atoms. The molecule has 0 atom stereocenters. The lowest BCUT2D eigenvalue weighted by Crippen LogP contribution is -2.09. The van der Waals surface area contributed by atoms with Gasteiger partial charge in [0.25, 0.3) is 0 Å². The van der Waals surface area contributed by atoms with Crippen LogP contribution in [0.1, 0.15) is 5.56 Å². The van der Waals surface area contributed by atoms with E-state index in [1.807, 2.05) is 6.07 Å². The van der Waals surface area contributed by atoms with Crippen LogP contribution in [0.5, 0.6) is 5.75 Å². The molecule has 0 bridgehead atoms. The third-order valence-corrected chi connectivity index (χ3v) is 2.64. The first kappa shape index (κ1) is 12.4. The molecule has 0 aliphatic heterocycles. The Balaban J connectivity index is 2.10. The zero-order valence-corrected chi connectivity index (χ0v) is 10.4. The quantitative estimate of drug-likeness (QED) is 0.473. The Morgan fingerprint density at radius 1 is 1.00 bits per heavy atom. The first-order chi connectivity index (χ1) is 8.66. The smallest absolute Gasteiger partial charge is 0.343 e. The minimum atomic E-state index is -0.469. The van der Waals surface area contributed by atoms with E-state index in [-0.39, 0.29) is 0 Å². The van der Waals surface area contributed by atoms with E-state index in [2.05, 4.69) is 6.58 Å². The number of carbonyl (C=O) groups is 1. The van der Waals surface area contributed by atoms with Gasteiger partial charge in [0.2, 0.25) is 0 Å². The third-order valence-electron chi connectivity index (χ3n) is 2.39. The number of hydrogen-bond donors (Lipinski definition) is 0. The molecule has 2 aromatic carbocycles. The third kappa shape index (κ3) is 2.99.